The summed E-state index contributed by atoms with van der Waals surface area (Å²) in [6.07, 6.45) is 4.31. The van der Waals surface area contributed by atoms with Gasteiger partial charge in [-0.05, 0) is 75.3 Å². The maximum absolute atomic E-state index is 12.8. The maximum Gasteiger partial charge on any atom is 0.235 e. The fourth-order valence-corrected chi connectivity index (χ4v) is 4.73. The number of thioether (sulfide) groups is 1. The van der Waals surface area contributed by atoms with Gasteiger partial charge in [-0.3, -0.25) is 9.59 Å². The van der Waals surface area contributed by atoms with Crippen molar-refractivity contribution in [2.75, 3.05) is 31.3 Å². The fraction of sp³-hybridized carbons (Fsp3) is 0.462. The summed E-state index contributed by atoms with van der Waals surface area (Å²) >= 11 is 1.41. The van der Waals surface area contributed by atoms with Gasteiger partial charge in [0.25, 0.3) is 0 Å². The first kappa shape index (κ1) is 24.2. The highest BCUT2D eigenvalue weighted by molar-refractivity contribution is 8.01. The molecule has 1 aliphatic rings. The summed E-state index contributed by atoms with van der Waals surface area (Å²) in [5, 5.41) is 2.68. The van der Waals surface area contributed by atoms with Crippen molar-refractivity contribution in [3.05, 3.63) is 59.7 Å². The first-order valence-electron chi connectivity index (χ1n) is 11.3. The van der Waals surface area contributed by atoms with Gasteiger partial charge in [0.15, 0.2) is 0 Å². The molecule has 2 amide bonds. The second-order valence-corrected chi connectivity index (χ2v) is 9.85. The van der Waals surface area contributed by atoms with E-state index in [9.17, 15) is 9.59 Å². The monoisotopic (exact) mass is 454 g/mol. The van der Waals surface area contributed by atoms with E-state index in [0.29, 0.717) is 5.92 Å². The van der Waals surface area contributed by atoms with E-state index < -0.39 is 0 Å². The van der Waals surface area contributed by atoms with Crippen molar-refractivity contribution >= 4 is 29.3 Å². The summed E-state index contributed by atoms with van der Waals surface area (Å²) in [6.45, 7) is 5.54. The van der Waals surface area contributed by atoms with E-state index in [0.717, 1.165) is 55.8 Å². The zero-order valence-corrected chi connectivity index (χ0v) is 20.1. The van der Waals surface area contributed by atoms with Crippen LogP contribution in [0.3, 0.4) is 0 Å². The molecular weight excluding hydrogens is 420 g/mol. The van der Waals surface area contributed by atoms with Crippen LogP contribution in [0.1, 0.15) is 37.3 Å². The Balaban J connectivity index is 1.35. The van der Waals surface area contributed by atoms with Crippen molar-refractivity contribution in [2.45, 2.75) is 44.8 Å². The van der Waals surface area contributed by atoms with Crippen LogP contribution in [0.4, 0.5) is 5.69 Å². The van der Waals surface area contributed by atoms with E-state index in [2.05, 4.69) is 17.4 Å². The zero-order chi connectivity index (χ0) is 22.9. The number of carbonyl (C=O) groups is 2. The summed E-state index contributed by atoms with van der Waals surface area (Å²) in [7, 11) is 1.68. The number of nitrogens with one attached hydrogen (secondary N) is 1. The molecule has 5 nitrogen and oxygen atoms in total. The van der Waals surface area contributed by atoms with Crippen LogP contribution in [0.5, 0.6) is 5.75 Å². The minimum atomic E-state index is -0.213. The quantitative estimate of drug-likeness (QED) is 0.583. The van der Waals surface area contributed by atoms with Gasteiger partial charge in [-0.1, -0.05) is 29.8 Å². The average molecular weight is 455 g/mol. The highest BCUT2D eigenvalue weighted by atomic mass is 32.2. The van der Waals surface area contributed by atoms with Crippen molar-refractivity contribution in [3.8, 4) is 5.75 Å². The molecular formula is C26H34N2O3S. The van der Waals surface area contributed by atoms with Gasteiger partial charge in [0.2, 0.25) is 11.8 Å². The van der Waals surface area contributed by atoms with Gasteiger partial charge >= 0.3 is 0 Å². The van der Waals surface area contributed by atoms with E-state index in [-0.39, 0.29) is 22.8 Å². The SMILES string of the molecule is COc1ccc(CCC2CCN(C(=O)C(C)SCC(=O)Nc3ccc(C)cc3)CC2)cc1. The molecule has 1 fully saturated rings. The number of carbonyl (C=O) groups excluding carboxylic acids is 2. The molecule has 0 radical (unpaired) electrons. The number of methoxy groups -OCH3 is 1. The Morgan fingerprint density at radius 3 is 2.38 bits per heavy atom. The Bertz CT molecular complexity index is 875. The van der Waals surface area contributed by atoms with Crippen LogP contribution in [0, 0.1) is 12.8 Å². The van der Waals surface area contributed by atoms with Crippen LogP contribution in [-0.4, -0.2) is 47.9 Å². The second-order valence-electron chi connectivity index (χ2n) is 8.52. The molecule has 0 saturated carbocycles. The lowest BCUT2D eigenvalue weighted by Gasteiger charge is -2.33. The lowest BCUT2D eigenvalue weighted by atomic mass is 9.90. The Kier molecular flexibility index (Phi) is 9.03. The summed E-state index contributed by atoms with van der Waals surface area (Å²) in [5.41, 5.74) is 3.27. The molecule has 1 saturated heterocycles. The molecule has 0 spiro atoms. The number of hydrogen-bond acceptors (Lipinski definition) is 4. The lowest BCUT2D eigenvalue weighted by Crippen LogP contribution is -2.42. The predicted molar refractivity (Wildman–Crippen MR) is 132 cm³/mol. The van der Waals surface area contributed by atoms with Crippen LogP contribution in [-0.2, 0) is 16.0 Å². The number of piperidine rings is 1. The number of rotatable bonds is 9. The van der Waals surface area contributed by atoms with Crippen LogP contribution < -0.4 is 10.1 Å². The lowest BCUT2D eigenvalue weighted by molar-refractivity contribution is -0.131. The summed E-state index contributed by atoms with van der Waals surface area (Å²) < 4.78 is 5.22. The molecule has 1 atom stereocenters. The Morgan fingerprint density at radius 2 is 1.75 bits per heavy atom. The standard InChI is InChI=1S/C26H34N2O3S/c1-19-4-10-23(11-5-19)27-25(29)18-32-20(2)26(30)28-16-14-22(15-17-28)7-6-21-8-12-24(31-3)13-9-21/h4-5,8-13,20,22H,6-7,14-18H2,1-3H3,(H,27,29). The zero-order valence-electron chi connectivity index (χ0n) is 19.3. The van der Waals surface area contributed by atoms with Crippen molar-refractivity contribution in [2.24, 2.45) is 5.92 Å². The first-order chi connectivity index (χ1) is 15.4. The van der Waals surface area contributed by atoms with Crippen molar-refractivity contribution < 1.29 is 14.3 Å². The van der Waals surface area contributed by atoms with Crippen molar-refractivity contribution in [1.82, 2.24) is 4.90 Å². The summed E-state index contributed by atoms with van der Waals surface area (Å²) in [5.74, 6) is 1.89. The predicted octanol–water partition coefficient (Wildman–Crippen LogP) is 4.94. The molecule has 2 aromatic carbocycles. The highest BCUT2D eigenvalue weighted by Crippen LogP contribution is 2.25. The molecule has 2 aromatic rings. The van der Waals surface area contributed by atoms with Gasteiger partial charge in [0.05, 0.1) is 18.1 Å². The number of nitrogens with zero attached hydrogens (tertiary/aromatic N) is 1. The highest BCUT2D eigenvalue weighted by Gasteiger charge is 2.26. The molecule has 1 heterocycles. The normalized spacial score (nSPS) is 15.3. The number of ether oxygens (including phenoxy) is 1. The van der Waals surface area contributed by atoms with E-state index in [1.165, 1.54) is 17.3 Å². The van der Waals surface area contributed by atoms with Crippen LogP contribution in [0.2, 0.25) is 0 Å². The molecule has 3 rings (SSSR count). The van der Waals surface area contributed by atoms with Crippen molar-refractivity contribution in [1.29, 1.82) is 0 Å². The summed E-state index contributed by atoms with van der Waals surface area (Å²) in [6, 6.07) is 16.0. The average Bonchev–Trinajstić information content (AvgIpc) is 2.83. The van der Waals surface area contributed by atoms with Gasteiger partial charge in [0.1, 0.15) is 5.75 Å². The number of benzene rings is 2. The van der Waals surface area contributed by atoms with E-state index in [4.69, 9.17) is 4.74 Å². The molecule has 32 heavy (non-hydrogen) atoms. The molecule has 1 aliphatic heterocycles. The van der Waals surface area contributed by atoms with Gasteiger partial charge < -0.3 is 15.0 Å². The Labute approximate surface area is 195 Å². The molecule has 6 heteroatoms. The largest absolute Gasteiger partial charge is 0.497 e. The van der Waals surface area contributed by atoms with E-state index >= 15 is 0 Å². The molecule has 0 bridgehead atoms. The molecule has 172 valence electrons. The van der Waals surface area contributed by atoms with E-state index in [1.807, 2.05) is 55.1 Å². The minimum absolute atomic E-state index is 0.0734. The van der Waals surface area contributed by atoms with Gasteiger partial charge in [0, 0.05) is 18.8 Å². The second kappa shape index (κ2) is 12.0. The number of anilines is 1. The number of hydrogen-bond donors (Lipinski definition) is 1. The van der Waals surface area contributed by atoms with Crippen LogP contribution in [0.15, 0.2) is 48.5 Å². The number of likely N-dealkylation sites (tertiary alicyclic amines) is 1. The van der Waals surface area contributed by atoms with Crippen LogP contribution >= 0.6 is 11.8 Å². The third-order valence-electron chi connectivity index (χ3n) is 6.07. The van der Waals surface area contributed by atoms with Crippen molar-refractivity contribution in [3.63, 3.8) is 0 Å². The van der Waals surface area contributed by atoms with E-state index in [1.54, 1.807) is 7.11 Å². The Morgan fingerprint density at radius 1 is 1.09 bits per heavy atom. The third-order valence-corrected chi connectivity index (χ3v) is 7.20. The molecule has 0 aromatic heterocycles. The van der Waals surface area contributed by atoms with Gasteiger partial charge in [-0.2, -0.15) is 0 Å². The minimum Gasteiger partial charge on any atom is -0.497 e. The summed E-state index contributed by atoms with van der Waals surface area (Å²) in [4.78, 5) is 27.0. The number of amides is 2. The smallest absolute Gasteiger partial charge is 0.235 e. The molecule has 1 N–H and O–H groups in total. The molecule has 1 unspecified atom stereocenters. The topological polar surface area (TPSA) is 58.6 Å². The number of aryl methyl sites for hydroxylation is 2. The van der Waals surface area contributed by atoms with Gasteiger partial charge in [-0.25, -0.2) is 0 Å². The van der Waals surface area contributed by atoms with Gasteiger partial charge in [-0.15, -0.1) is 11.8 Å². The maximum atomic E-state index is 12.8. The fourth-order valence-electron chi connectivity index (χ4n) is 3.97. The molecule has 0 aliphatic carbocycles. The van der Waals surface area contributed by atoms with Crippen LogP contribution in [0.25, 0.3) is 0 Å². The first-order valence-corrected chi connectivity index (χ1v) is 12.4. The third kappa shape index (κ3) is 7.30. The Hall–Kier alpha value is -2.47.